The van der Waals surface area contributed by atoms with Gasteiger partial charge in [-0.3, -0.25) is 9.69 Å². The van der Waals surface area contributed by atoms with Gasteiger partial charge in [0.05, 0.1) is 6.61 Å². The number of Topliss-reactive ketones (excluding diaryl/α,β-unsaturated/α-hetero) is 1. The second-order valence-electron chi connectivity index (χ2n) is 9.88. The number of carbonyl (C=O) groups is 2. The fraction of sp³-hybridized carbons (Fsp3) is 0.909. The number of piperidine rings is 2. The summed E-state index contributed by atoms with van der Waals surface area (Å²) in [5.41, 5.74) is -1.58. The molecule has 4 aliphatic rings. The highest BCUT2D eigenvalue weighted by Gasteiger charge is 2.49. The third-order valence-electron chi connectivity index (χ3n) is 7.94. The number of hydrogen-bond acceptors (Lipinski definition) is 4. The lowest BCUT2D eigenvalue weighted by atomic mass is 9.65. The van der Waals surface area contributed by atoms with Gasteiger partial charge in [0.15, 0.2) is 11.5 Å². The smallest absolute Gasteiger partial charge is 0.410 e. The normalized spacial score (nSPS) is 34.0. The number of fused-ring (bicyclic) bond motifs is 2. The molecule has 6 heteroatoms. The molecule has 4 rings (SSSR count). The van der Waals surface area contributed by atoms with Crippen molar-refractivity contribution < 1.29 is 18.7 Å². The van der Waals surface area contributed by atoms with E-state index in [1.165, 1.54) is 6.42 Å². The maximum atomic E-state index is 15.4. The van der Waals surface area contributed by atoms with Crippen molar-refractivity contribution in [3.8, 4) is 0 Å². The fourth-order valence-corrected chi connectivity index (χ4v) is 5.97. The molecule has 3 heterocycles. The van der Waals surface area contributed by atoms with Crippen molar-refractivity contribution in [3.63, 3.8) is 0 Å². The lowest BCUT2D eigenvalue weighted by molar-refractivity contribution is -0.138. The SMILES string of the molecule is CCOC(=O)N1C2CCC1CC(N1CCC(F)(C(=O)CC3(C)CCC3)CC1)C2. The van der Waals surface area contributed by atoms with Crippen LogP contribution in [0.4, 0.5) is 9.18 Å². The standard InChI is InChI=1S/C22H35FN2O3/c1-3-28-20(27)25-16-5-6-17(25)14-18(13-16)24-11-9-22(23,10-12-24)19(26)15-21(2)7-4-8-21/h16-18H,3-15H2,1-2H3. The van der Waals surface area contributed by atoms with Gasteiger partial charge in [0.25, 0.3) is 0 Å². The molecule has 1 amide bonds. The first-order chi connectivity index (χ1) is 13.3. The number of carbonyl (C=O) groups excluding carboxylic acids is 2. The maximum absolute atomic E-state index is 15.4. The van der Waals surface area contributed by atoms with Crippen LogP contribution in [-0.2, 0) is 9.53 Å². The van der Waals surface area contributed by atoms with Gasteiger partial charge in [0.2, 0.25) is 0 Å². The summed E-state index contributed by atoms with van der Waals surface area (Å²) in [6.07, 6.45) is 8.15. The summed E-state index contributed by atoms with van der Waals surface area (Å²) in [4.78, 5) is 29.2. The number of hydrogen-bond donors (Lipinski definition) is 0. The number of ketones is 1. The van der Waals surface area contributed by atoms with Crippen LogP contribution in [0.1, 0.15) is 78.1 Å². The molecule has 3 saturated heterocycles. The Morgan fingerprint density at radius 1 is 1.04 bits per heavy atom. The number of ether oxygens (including phenoxy) is 1. The van der Waals surface area contributed by atoms with Crippen LogP contribution in [0.2, 0.25) is 0 Å². The minimum absolute atomic E-state index is 0.0480. The summed E-state index contributed by atoms with van der Waals surface area (Å²) < 4.78 is 20.6. The topological polar surface area (TPSA) is 49.9 Å². The van der Waals surface area contributed by atoms with Gasteiger partial charge in [-0.2, -0.15) is 0 Å². The third kappa shape index (κ3) is 3.69. The van der Waals surface area contributed by atoms with Crippen molar-refractivity contribution in [1.82, 2.24) is 9.80 Å². The van der Waals surface area contributed by atoms with Gasteiger partial charge < -0.3 is 9.64 Å². The van der Waals surface area contributed by atoms with Crippen molar-refractivity contribution in [2.24, 2.45) is 5.41 Å². The van der Waals surface area contributed by atoms with Gasteiger partial charge in [-0.25, -0.2) is 9.18 Å². The summed E-state index contributed by atoms with van der Waals surface area (Å²) >= 11 is 0. The number of amides is 1. The number of likely N-dealkylation sites (tertiary alicyclic amines) is 1. The molecule has 0 aromatic rings. The largest absolute Gasteiger partial charge is 0.450 e. The van der Waals surface area contributed by atoms with Crippen LogP contribution in [0.25, 0.3) is 0 Å². The number of rotatable bonds is 5. The van der Waals surface area contributed by atoms with Crippen LogP contribution < -0.4 is 0 Å². The Bertz CT molecular complexity index is 599. The molecule has 5 nitrogen and oxygen atoms in total. The number of halogens is 1. The van der Waals surface area contributed by atoms with E-state index < -0.39 is 5.67 Å². The van der Waals surface area contributed by atoms with E-state index in [9.17, 15) is 9.59 Å². The Labute approximate surface area is 168 Å². The van der Waals surface area contributed by atoms with Crippen molar-refractivity contribution in [2.45, 2.75) is 102 Å². The van der Waals surface area contributed by atoms with E-state index >= 15 is 4.39 Å². The summed E-state index contributed by atoms with van der Waals surface area (Å²) in [7, 11) is 0. The van der Waals surface area contributed by atoms with Crippen molar-refractivity contribution in [2.75, 3.05) is 19.7 Å². The first-order valence-corrected chi connectivity index (χ1v) is 11.2. The monoisotopic (exact) mass is 394 g/mol. The summed E-state index contributed by atoms with van der Waals surface area (Å²) in [5.74, 6) is -0.161. The average molecular weight is 395 g/mol. The molecule has 0 spiro atoms. The van der Waals surface area contributed by atoms with E-state index in [4.69, 9.17) is 4.74 Å². The van der Waals surface area contributed by atoms with Crippen LogP contribution in [-0.4, -0.2) is 65.2 Å². The highest BCUT2D eigenvalue weighted by Crippen LogP contribution is 2.46. The highest BCUT2D eigenvalue weighted by molar-refractivity contribution is 5.88. The van der Waals surface area contributed by atoms with E-state index in [-0.39, 0.29) is 29.4 Å². The molecule has 28 heavy (non-hydrogen) atoms. The Morgan fingerprint density at radius 2 is 1.64 bits per heavy atom. The van der Waals surface area contributed by atoms with Crippen LogP contribution in [0.3, 0.4) is 0 Å². The van der Waals surface area contributed by atoms with Gasteiger partial charge in [-0.05, 0) is 50.9 Å². The van der Waals surface area contributed by atoms with Crippen LogP contribution in [0.5, 0.6) is 0 Å². The van der Waals surface area contributed by atoms with Crippen molar-refractivity contribution in [3.05, 3.63) is 0 Å². The van der Waals surface area contributed by atoms with Gasteiger partial charge in [-0.15, -0.1) is 0 Å². The average Bonchev–Trinajstić information content (AvgIpc) is 2.91. The molecule has 4 fully saturated rings. The molecule has 2 bridgehead atoms. The predicted molar refractivity (Wildman–Crippen MR) is 105 cm³/mol. The number of nitrogens with zero attached hydrogens (tertiary/aromatic N) is 2. The van der Waals surface area contributed by atoms with E-state index in [0.717, 1.165) is 38.5 Å². The van der Waals surface area contributed by atoms with Crippen LogP contribution in [0.15, 0.2) is 0 Å². The summed E-state index contributed by atoms with van der Waals surface area (Å²) in [6, 6.07) is 0.895. The van der Waals surface area contributed by atoms with Gasteiger partial charge in [0, 0.05) is 50.5 Å². The zero-order chi connectivity index (χ0) is 19.9. The van der Waals surface area contributed by atoms with Gasteiger partial charge in [-0.1, -0.05) is 13.3 Å². The molecular formula is C22H35FN2O3. The Hall–Kier alpha value is -1.17. The molecule has 0 radical (unpaired) electrons. The third-order valence-corrected chi connectivity index (χ3v) is 7.94. The molecule has 1 aliphatic carbocycles. The molecule has 0 aromatic heterocycles. The maximum Gasteiger partial charge on any atom is 0.410 e. The molecule has 2 unspecified atom stereocenters. The molecule has 3 aliphatic heterocycles. The fourth-order valence-electron chi connectivity index (χ4n) is 5.97. The van der Waals surface area contributed by atoms with Crippen LogP contribution in [0, 0.1) is 5.41 Å². The van der Waals surface area contributed by atoms with Crippen molar-refractivity contribution >= 4 is 11.9 Å². The lowest BCUT2D eigenvalue weighted by Gasteiger charge is -2.46. The second kappa shape index (κ2) is 7.58. The zero-order valence-corrected chi connectivity index (χ0v) is 17.4. The van der Waals surface area contributed by atoms with E-state index in [2.05, 4.69) is 11.8 Å². The molecule has 158 valence electrons. The highest BCUT2D eigenvalue weighted by atomic mass is 19.1. The Balaban J connectivity index is 1.31. The second-order valence-corrected chi connectivity index (χ2v) is 9.88. The first kappa shape index (κ1) is 20.1. The minimum atomic E-state index is -1.63. The molecular weight excluding hydrogens is 359 g/mol. The Morgan fingerprint density at radius 3 is 2.14 bits per heavy atom. The van der Waals surface area contributed by atoms with E-state index in [0.29, 0.717) is 45.0 Å². The van der Waals surface area contributed by atoms with Crippen LogP contribution >= 0.6 is 0 Å². The quantitative estimate of drug-likeness (QED) is 0.705. The predicted octanol–water partition coefficient (Wildman–Crippen LogP) is 4.09. The molecule has 2 atom stereocenters. The summed E-state index contributed by atoms with van der Waals surface area (Å²) in [6.45, 7) is 5.69. The molecule has 0 N–H and O–H groups in total. The lowest BCUT2D eigenvalue weighted by Crippen LogP contribution is -2.56. The van der Waals surface area contributed by atoms with Gasteiger partial charge in [0.1, 0.15) is 0 Å². The molecule has 0 aromatic carbocycles. The minimum Gasteiger partial charge on any atom is -0.450 e. The van der Waals surface area contributed by atoms with E-state index in [1.807, 2.05) is 11.8 Å². The first-order valence-electron chi connectivity index (χ1n) is 11.2. The van der Waals surface area contributed by atoms with E-state index in [1.54, 1.807) is 0 Å². The Kier molecular flexibility index (Phi) is 5.45. The number of alkyl halides is 1. The van der Waals surface area contributed by atoms with Gasteiger partial charge >= 0.3 is 6.09 Å². The summed E-state index contributed by atoms with van der Waals surface area (Å²) in [5, 5.41) is 0. The molecule has 1 saturated carbocycles. The van der Waals surface area contributed by atoms with Crippen molar-refractivity contribution in [1.29, 1.82) is 0 Å². The zero-order valence-electron chi connectivity index (χ0n) is 17.4.